The number of amides is 1. The summed E-state index contributed by atoms with van der Waals surface area (Å²) >= 11 is 0. The number of carboxylic acids is 1. The Morgan fingerprint density at radius 2 is 1.91 bits per heavy atom. The van der Waals surface area contributed by atoms with E-state index in [2.05, 4.69) is 0 Å². The number of nitrogens with zero attached hydrogens (tertiary/aromatic N) is 1. The first-order chi connectivity index (χ1) is 10.6. The predicted octanol–water partition coefficient (Wildman–Crippen LogP) is 1.90. The summed E-state index contributed by atoms with van der Waals surface area (Å²) in [7, 11) is 0. The van der Waals surface area contributed by atoms with Gasteiger partial charge in [0.2, 0.25) is 0 Å². The lowest BCUT2D eigenvalue weighted by Gasteiger charge is -2.16. The van der Waals surface area contributed by atoms with Crippen LogP contribution >= 0.6 is 0 Å². The van der Waals surface area contributed by atoms with Gasteiger partial charge in [-0.25, -0.2) is 0 Å². The standard InChI is InChI=1S/C17H19NO4/c19-16(11-3-4-12-8-22-9-13(12)5-11)18-6-14(10-1-2-10)15(7-18)17(20)21/h3-5,10,14-15H,1-2,6-9H2,(H,20,21)/t14-,15+/m1/s1. The van der Waals surface area contributed by atoms with E-state index in [0.29, 0.717) is 37.8 Å². The van der Waals surface area contributed by atoms with Gasteiger partial charge in [0.05, 0.1) is 19.1 Å². The van der Waals surface area contributed by atoms with Gasteiger partial charge in [-0.1, -0.05) is 6.07 Å². The molecule has 1 N–H and O–H groups in total. The lowest BCUT2D eigenvalue weighted by Crippen LogP contribution is -2.30. The number of hydrogen-bond acceptors (Lipinski definition) is 3. The van der Waals surface area contributed by atoms with Crippen molar-refractivity contribution in [2.75, 3.05) is 13.1 Å². The van der Waals surface area contributed by atoms with E-state index in [1.807, 2.05) is 18.2 Å². The normalized spacial score (nSPS) is 27.0. The van der Waals surface area contributed by atoms with E-state index < -0.39 is 11.9 Å². The highest BCUT2D eigenvalue weighted by Crippen LogP contribution is 2.44. The largest absolute Gasteiger partial charge is 0.481 e. The molecule has 1 saturated carbocycles. The molecule has 0 spiro atoms. The quantitative estimate of drug-likeness (QED) is 0.926. The summed E-state index contributed by atoms with van der Waals surface area (Å²) < 4.78 is 5.38. The first-order valence-corrected chi connectivity index (χ1v) is 7.85. The Labute approximate surface area is 128 Å². The molecule has 0 aromatic heterocycles. The van der Waals surface area contributed by atoms with Crippen molar-refractivity contribution < 1.29 is 19.4 Å². The summed E-state index contributed by atoms with van der Waals surface area (Å²) in [6.07, 6.45) is 2.21. The van der Waals surface area contributed by atoms with E-state index in [4.69, 9.17) is 4.74 Å². The van der Waals surface area contributed by atoms with Crippen molar-refractivity contribution in [3.05, 3.63) is 34.9 Å². The Balaban J connectivity index is 1.54. The second-order valence-electron chi connectivity index (χ2n) is 6.63. The highest BCUT2D eigenvalue weighted by Gasteiger charge is 2.46. The number of carbonyl (C=O) groups excluding carboxylic acids is 1. The lowest BCUT2D eigenvalue weighted by atomic mass is 9.92. The van der Waals surface area contributed by atoms with Gasteiger partial charge in [-0.3, -0.25) is 9.59 Å². The zero-order valence-corrected chi connectivity index (χ0v) is 12.3. The SMILES string of the molecule is O=C(O)[C@H]1CN(C(=O)c2ccc3c(c2)COC3)C[C@@H]1C1CC1. The molecule has 1 aliphatic carbocycles. The van der Waals surface area contributed by atoms with Crippen LogP contribution in [0.2, 0.25) is 0 Å². The Kier molecular flexibility index (Phi) is 3.18. The molecule has 3 aliphatic rings. The van der Waals surface area contributed by atoms with E-state index in [-0.39, 0.29) is 11.8 Å². The molecule has 0 unspecified atom stereocenters. The Morgan fingerprint density at radius 3 is 2.64 bits per heavy atom. The van der Waals surface area contributed by atoms with Crippen LogP contribution in [-0.2, 0) is 22.7 Å². The number of aliphatic carboxylic acids is 1. The van der Waals surface area contributed by atoms with Gasteiger partial charge in [0, 0.05) is 18.7 Å². The van der Waals surface area contributed by atoms with Crippen LogP contribution in [0.3, 0.4) is 0 Å². The fourth-order valence-corrected chi connectivity index (χ4v) is 3.75. The van der Waals surface area contributed by atoms with E-state index >= 15 is 0 Å². The molecule has 4 rings (SSSR count). The summed E-state index contributed by atoms with van der Waals surface area (Å²) in [6.45, 7) is 2.08. The van der Waals surface area contributed by atoms with Gasteiger partial charge in [-0.05, 0) is 47.9 Å². The topological polar surface area (TPSA) is 66.8 Å². The van der Waals surface area contributed by atoms with Crippen LogP contribution in [0.5, 0.6) is 0 Å². The number of fused-ring (bicyclic) bond motifs is 1. The second-order valence-corrected chi connectivity index (χ2v) is 6.63. The summed E-state index contributed by atoms with van der Waals surface area (Å²) in [6, 6.07) is 5.67. The Morgan fingerprint density at radius 1 is 1.14 bits per heavy atom. The van der Waals surface area contributed by atoms with Crippen LogP contribution < -0.4 is 0 Å². The van der Waals surface area contributed by atoms with E-state index in [1.165, 1.54) is 0 Å². The number of carbonyl (C=O) groups is 2. The minimum Gasteiger partial charge on any atom is -0.481 e. The van der Waals surface area contributed by atoms with Crippen LogP contribution in [0.1, 0.15) is 34.3 Å². The van der Waals surface area contributed by atoms with Crippen LogP contribution in [0.25, 0.3) is 0 Å². The average Bonchev–Trinajstić information content (AvgIpc) is 3.09. The number of likely N-dealkylation sites (tertiary alicyclic amines) is 1. The minimum absolute atomic E-state index is 0.0518. The van der Waals surface area contributed by atoms with Crippen molar-refractivity contribution in [1.29, 1.82) is 0 Å². The molecular formula is C17H19NO4. The van der Waals surface area contributed by atoms with Crippen molar-refractivity contribution >= 4 is 11.9 Å². The van der Waals surface area contributed by atoms with Gasteiger partial charge >= 0.3 is 5.97 Å². The average molecular weight is 301 g/mol. The predicted molar refractivity (Wildman–Crippen MR) is 78.2 cm³/mol. The van der Waals surface area contributed by atoms with Crippen molar-refractivity contribution in [2.45, 2.75) is 26.1 Å². The van der Waals surface area contributed by atoms with Gasteiger partial charge in [0.1, 0.15) is 0 Å². The number of hydrogen-bond donors (Lipinski definition) is 1. The maximum Gasteiger partial charge on any atom is 0.308 e. The molecule has 116 valence electrons. The fraction of sp³-hybridized carbons (Fsp3) is 0.529. The van der Waals surface area contributed by atoms with Gasteiger partial charge in [0.15, 0.2) is 0 Å². The third kappa shape index (κ3) is 2.29. The van der Waals surface area contributed by atoms with Gasteiger partial charge in [-0.15, -0.1) is 0 Å². The fourth-order valence-electron chi connectivity index (χ4n) is 3.75. The zero-order chi connectivity index (χ0) is 15.3. The smallest absolute Gasteiger partial charge is 0.308 e. The van der Waals surface area contributed by atoms with Crippen LogP contribution in [0.4, 0.5) is 0 Å². The maximum atomic E-state index is 12.7. The zero-order valence-electron chi connectivity index (χ0n) is 12.3. The molecule has 2 fully saturated rings. The number of ether oxygens (including phenoxy) is 1. The minimum atomic E-state index is -0.769. The number of carboxylic acid groups (broad SMARTS) is 1. The molecule has 2 heterocycles. The molecule has 5 nitrogen and oxygen atoms in total. The molecule has 2 atom stereocenters. The van der Waals surface area contributed by atoms with Crippen molar-refractivity contribution in [3.8, 4) is 0 Å². The van der Waals surface area contributed by atoms with Crippen molar-refractivity contribution in [2.24, 2.45) is 17.8 Å². The molecule has 0 bridgehead atoms. The molecular weight excluding hydrogens is 282 g/mol. The Bertz CT molecular complexity index is 638. The third-order valence-corrected chi connectivity index (χ3v) is 5.17. The van der Waals surface area contributed by atoms with Crippen LogP contribution in [0, 0.1) is 17.8 Å². The first kappa shape index (κ1) is 13.8. The van der Waals surface area contributed by atoms with Gasteiger partial charge in [0.25, 0.3) is 5.91 Å². The van der Waals surface area contributed by atoms with E-state index in [9.17, 15) is 14.7 Å². The molecule has 0 radical (unpaired) electrons. The molecule has 5 heteroatoms. The van der Waals surface area contributed by atoms with E-state index in [1.54, 1.807) is 4.90 Å². The molecule has 1 aromatic carbocycles. The summed E-state index contributed by atoms with van der Waals surface area (Å²) in [5.41, 5.74) is 2.85. The third-order valence-electron chi connectivity index (χ3n) is 5.17. The molecule has 1 aromatic rings. The summed E-state index contributed by atoms with van der Waals surface area (Å²) in [5, 5.41) is 9.40. The number of rotatable bonds is 3. The molecule has 2 aliphatic heterocycles. The van der Waals surface area contributed by atoms with Crippen LogP contribution in [-0.4, -0.2) is 35.0 Å². The maximum absolute atomic E-state index is 12.7. The molecule has 1 amide bonds. The first-order valence-electron chi connectivity index (χ1n) is 7.85. The van der Waals surface area contributed by atoms with Gasteiger partial charge in [-0.2, -0.15) is 0 Å². The highest BCUT2D eigenvalue weighted by molar-refractivity contribution is 5.95. The van der Waals surface area contributed by atoms with Gasteiger partial charge < -0.3 is 14.7 Å². The monoisotopic (exact) mass is 301 g/mol. The highest BCUT2D eigenvalue weighted by atomic mass is 16.5. The molecule has 22 heavy (non-hydrogen) atoms. The van der Waals surface area contributed by atoms with Crippen LogP contribution in [0.15, 0.2) is 18.2 Å². The second kappa shape index (κ2) is 5.09. The Hall–Kier alpha value is -1.88. The summed E-state index contributed by atoms with van der Waals surface area (Å²) in [5.74, 6) is -0.612. The van der Waals surface area contributed by atoms with Crippen molar-refractivity contribution in [3.63, 3.8) is 0 Å². The lowest BCUT2D eigenvalue weighted by molar-refractivity contribution is -0.142. The van der Waals surface area contributed by atoms with Crippen molar-refractivity contribution in [1.82, 2.24) is 4.90 Å². The molecule has 1 saturated heterocycles. The summed E-state index contributed by atoms with van der Waals surface area (Å²) in [4.78, 5) is 25.9. The number of benzene rings is 1. The van der Waals surface area contributed by atoms with E-state index in [0.717, 1.165) is 24.0 Å².